The number of hydrogen-bond acceptors (Lipinski definition) is 3. The van der Waals surface area contributed by atoms with Crippen LogP contribution in [0.15, 0.2) is 18.2 Å². The summed E-state index contributed by atoms with van der Waals surface area (Å²) in [6.45, 7) is 0.117. The lowest BCUT2D eigenvalue weighted by Crippen LogP contribution is -2.31. The Morgan fingerprint density at radius 3 is 2.37 bits per heavy atom. The van der Waals surface area contributed by atoms with Crippen molar-refractivity contribution in [3.05, 3.63) is 28.2 Å². The first-order valence-electron chi connectivity index (χ1n) is 4.83. The van der Waals surface area contributed by atoms with Gasteiger partial charge in [0, 0.05) is 27.7 Å². The zero-order valence-electron chi connectivity index (χ0n) is 9.04. The monoisotopic (exact) mass is 363 g/mol. The van der Waals surface area contributed by atoms with Gasteiger partial charge in [0.15, 0.2) is 0 Å². The molecule has 0 atom stereocenters. The van der Waals surface area contributed by atoms with Gasteiger partial charge in [0.25, 0.3) is 0 Å². The normalized spacial score (nSPS) is 16.4. The lowest BCUT2D eigenvalue weighted by molar-refractivity contribution is 0.235. The molecule has 0 saturated carbocycles. The SMILES string of the molecule is O=C1N(SC(F)(Cl)Cl)NCN1c1cc(Cl)cc(Cl)c1. The molecule has 1 fully saturated rings. The summed E-state index contributed by atoms with van der Waals surface area (Å²) in [6.07, 6.45) is 0. The van der Waals surface area contributed by atoms with Crippen molar-refractivity contribution in [1.82, 2.24) is 9.84 Å². The number of rotatable bonds is 3. The van der Waals surface area contributed by atoms with Crippen LogP contribution in [0.1, 0.15) is 0 Å². The van der Waals surface area contributed by atoms with Crippen LogP contribution in [0.2, 0.25) is 10.0 Å². The number of halogens is 5. The summed E-state index contributed by atoms with van der Waals surface area (Å²) in [6, 6.07) is 4.12. The standard InChI is InChI=1S/C9H6Cl4FN3OS/c10-5-1-6(11)3-7(2-5)16-4-15-17(8(16)18)19-9(12,13)14/h1-3,15H,4H2. The molecule has 0 aliphatic carbocycles. The van der Waals surface area contributed by atoms with Gasteiger partial charge in [-0.15, -0.1) is 0 Å². The average Bonchev–Trinajstić information content (AvgIpc) is 2.56. The highest BCUT2D eigenvalue weighted by Gasteiger charge is 2.37. The Hall–Kier alpha value is -0.110. The molecule has 1 aromatic rings. The number of carbonyl (C=O) groups is 1. The van der Waals surface area contributed by atoms with Crippen molar-refractivity contribution in [3.8, 4) is 0 Å². The van der Waals surface area contributed by atoms with Crippen molar-refractivity contribution in [2.24, 2.45) is 0 Å². The van der Waals surface area contributed by atoms with Gasteiger partial charge in [0.05, 0.1) is 6.67 Å². The van der Waals surface area contributed by atoms with E-state index in [1.807, 2.05) is 0 Å². The van der Waals surface area contributed by atoms with Gasteiger partial charge in [0.1, 0.15) is 0 Å². The molecule has 0 unspecified atom stereocenters. The zero-order valence-corrected chi connectivity index (χ0v) is 12.9. The van der Waals surface area contributed by atoms with E-state index < -0.39 is 9.95 Å². The van der Waals surface area contributed by atoms with Gasteiger partial charge in [-0.05, 0) is 18.2 Å². The van der Waals surface area contributed by atoms with Crippen molar-refractivity contribution < 1.29 is 9.18 Å². The maximum Gasteiger partial charge on any atom is 0.350 e. The summed E-state index contributed by atoms with van der Waals surface area (Å²) in [4.78, 5) is 13.3. The van der Waals surface area contributed by atoms with E-state index in [1.54, 1.807) is 12.1 Å². The molecule has 0 bridgehead atoms. The molecule has 1 aromatic carbocycles. The van der Waals surface area contributed by atoms with Crippen LogP contribution in [-0.2, 0) is 0 Å². The molecule has 4 nitrogen and oxygen atoms in total. The number of nitrogens with one attached hydrogen (secondary N) is 1. The Morgan fingerprint density at radius 1 is 1.26 bits per heavy atom. The minimum Gasteiger partial charge on any atom is -0.277 e. The Kier molecular flexibility index (Phi) is 4.59. The average molecular weight is 365 g/mol. The Morgan fingerprint density at radius 2 is 1.84 bits per heavy atom. The highest BCUT2D eigenvalue weighted by molar-refractivity contribution is 8.01. The Bertz CT molecular complexity index is 492. The van der Waals surface area contributed by atoms with E-state index in [2.05, 4.69) is 5.43 Å². The number of amides is 2. The molecule has 2 rings (SSSR count). The largest absolute Gasteiger partial charge is 0.350 e. The predicted molar refractivity (Wildman–Crippen MR) is 77.3 cm³/mol. The van der Waals surface area contributed by atoms with Gasteiger partial charge in [0.2, 0.25) is 0 Å². The molecule has 1 aliphatic heterocycles. The highest BCUT2D eigenvalue weighted by atomic mass is 35.5. The molecular weight excluding hydrogens is 359 g/mol. The van der Waals surface area contributed by atoms with Crippen molar-refractivity contribution >= 4 is 70.1 Å². The molecule has 10 heteroatoms. The van der Waals surface area contributed by atoms with E-state index in [9.17, 15) is 9.18 Å². The van der Waals surface area contributed by atoms with E-state index in [0.717, 1.165) is 4.41 Å². The number of anilines is 1. The molecule has 1 N–H and O–H groups in total. The third kappa shape index (κ3) is 3.93. The second kappa shape index (κ2) is 5.71. The van der Waals surface area contributed by atoms with Crippen LogP contribution >= 0.6 is 58.4 Å². The molecule has 0 radical (unpaired) electrons. The van der Waals surface area contributed by atoms with Crippen molar-refractivity contribution in [2.75, 3.05) is 11.6 Å². The van der Waals surface area contributed by atoms with Gasteiger partial charge < -0.3 is 0 Å². The Labute approximate surface area is 132 Å². The van der Waals surface area contributed by atoms with Crippen LogP contribution in [0.25, 0.3) is 0 Å². The second-order valence-electron chi connectivity index (χ2n) is 3.49. The molecular formula is C9H6Cl4FN3OS. The number of nitrogens with zero attached hydrogens (tertiary/aromatic N) is 2. The highest BCUT2D eigenvalue weighted by Crippen LogP contribution is 2.39. The van der Waals surface area contributed by atoms with Crippen molar-refractivity contribution in [2.45, 2.75) is 3.92 Å². The maximum atomic E-state index is 13.1. The summed E-state index contributed by atoms with van der Waals surface area (Å²) in [5.74, 6) is 0. The van der Waals surface area contributed by atoms with Crippen LogP contribution < -0.4 is 10.3 Å². The van der Waals surface area contributed by atoms with E-state index in [1.165, 1.54) is 11.0 Å². The smallest absolute Gasteiger partial charge is 0.277 e. The molecule has 2 amide bonds. The van der Waals surface area contributed by atoms with Crippen LogP contribution in [-0.4, -0.2) is 21.0 Å². The number of alkyl halides is 3. The fourth-order valence-electron chi connectivity index (χ4n) is 1.45. The van der Waals surface area contributed by atoms with Crippen LogP contribution in [0.3, 0.4) is 0 Å². The molecule has 1 saturated heterocycles. The van der Waals surface area contributed by atoms with Gasteiger partial charge in [-0.3, -0.25) is 4.90 Å². The van der Waals surface area contributed by atoms with E-state index in [-0.39, 0.29) is 6.67 Å². The first-order chi connectivity index (χ1) is 8.76. The predicted octanol–water partition coefficient (Wildman–Crippen LogP) is 4.40. The van der Waals surface area contributed by atoms with Gasteiger partial charge in [-0.2, -0.15) is 14.2 Å². The molecule has 104 valence electrons. The summed E-state index contributed by atoms with van der Waals surface area (Å²) in [5.41, 5.74) is 3.11. The van der Waals surface area contributed by atoms with Crippen LogP contribution in [0, 0.1) is 0 Å². The third-order valence-corrected chi connectivity index (χ3v) is 3.66. The number of benzene rings is 1. The van der Waals surface area contributed by atoms with Crippen LogP contribution in [0.5, 0.6) is 0 Å². The fraction of sp³-hybridized carbons (Fsp3) is 0.222. The molecule has 1 aliphatic rings. The fourth-order valence-corrected chi connectivity index (χ4v) is 2.89. The molecule has 0 aromatic heterocycles. The third-order valence-electron chi connectivity index (χ3n) is 2.13. The Balaban J connectivity index is 2.17. The van der Waals surface area contributed by atoms with Gasteiger partial charge >= 0.3 is 9.95 Å². The summed E-state index contributed by atoms with van der Waals surface area (Å²) >= 11 is 22.4. The number of hydrogen-bond donors (Lipinski definition) is 1. The van der Waals surface area contributed by atoms with Crippen molar-refractivity contribution in [3.63, 3.8) is 0 Å². The second-order valence-corrected chi connectivity index (χ2v) is 7.15. The van der Waals surface area contributed by atoms with Gasteiger partial charge in [-0.1, -0.05) is 46.4 Å². The zero-order chi connectivity index (χ0) is 14.2. The number of hydrazine groups is 1. The van der Waals surface area contributed by atoms with Crippen LogP contribution in [0.4, 0.5) is 14.9 Å². The number of urea groups is 1. The molecule has 0 spiro atoms. The molecule has 1 heterocycles. The lowest BCUT2D eigenvalue weighted by atomic mass is 10.3. The van der Waals surface area contributed by atoms with E-state index in [4.69, 9.17) is 46.4 Å². The minimum absolute atomic E-state index is 0.117. The minimum atomic E-state index is -2.61. The van der Waals surface area contributed by atoms with Crippen molar-refractivity contribution in [1.29, 1.82) is 0 Å². The summed E-state index contributed by atoms with van der Waals surface area (Å²) < 4.78 is 11.4. The first kappa shape index (κ1) is 15.3. The number of carbonyl (C=O) groups excluding carboxylic acids is 1. The van der Waals surface area contributed by atoms with Gasteiger partial charge in [-0.25, -0.2) is 4.79 Å². The maximum absolute atomic E-state index is 13.1. The molecule has 19 heavy (non-hydrogen) atoms. The summed E-state index contributed by atoms with van der Waals surface area (Å²) in [7, 11) is 0. The first-order valence-corrected chi connectivity index (χ1v) is 7.12. The van der Waals surface area contributed by atoms with E-state index in [0.29, 0.717) is 27.7 Å². The van der Waals surface area contributed by atoms with E-state index >= 15 is 0 Å². The lowest BCUT2D eigenvalue weighted by Gasteiger charge is -2.18. The topological polar surface area (TPSA) is 35.6 Å². The summed E-state index contributed by atoms with van der Waals surface area (Å²) in [5, 5.41) is 0.770. The quantitative estimate of drug-likeness (QED) is 0.637.